The molecule has 2 fully saturated rings. The van der Waals surface area contributed by atoms with E-state index in [1.54, 1.807) is 13.0 Å². The first-order valence-corrected chi connectivity index (χ1v) is 11.3. The number of hydrogen-bond donors (Lipinski definition) is 2. The lowest BCUT2D eigenvalue weighted by atomic mass is 10.2. The van der Waals surface area contributed by atoms with Crippen molar-refractivity contribution in [2.24, 2.45) is 5.92 Å². The zero-order valence-corrected chi connectivity index (χ0v) is 16.8. The first-order valence-electron chi connectivity index (χ1n) is 9.62. The first kappa shape index (κ1) is 20.7. The van der Waals surface area contributed by atoms with Gasteiger partial charge in [0.05, 0.1) is 18.6 Å². The lowest BCUT2D eigenvalue weighted by Crippen LogP contribution is -2.30. The van der Waals surface area contributed by atoms with Crippen LogP contribution in [0.1, 0.15) is 50.6 Å². The molecule has 3 amide bonds. The van der Waals surface area contributed by atoms with Crippen LogP contribution in [0.3, 0.4) is 0 Å². The molecule has 1 unspecified atom stereocenters. The molecule has 1 aliphatic heterocycles. The van der Waals surface area contributed by atoms with Gasteiger partial charge in [-0.2, -0.15) is 0 Å². The van der Waals surface area contributed by atoms with Gasteiger partial charge in [-0.25, -0.2) is 17.9 Å². The van der Waals surface area contributed by atoms with Crippen LogP contribution in [0.25, 0.3) is 0 Å². The van der Waals surface area contributed by atoms with Crippen molar-refractivity contribution in [2.45, 2.75) is 45.1 Å². The molecule has 1 saturated carbocycles. The molecule has 1 saturated heterocycles. The van der Waals surface area contributed by atoms with Gasteiger partial charge in [-0.3, -0.25) is 10.1 Å². The Labute approximate surface area is 164 Å². The molecule has 0 spiro atoms. The topological polar surface area (TPSA) is 118 Å². The number of urea groups is 1. The summed E-state index contributed by atoms with van der Waals surface area (Å²) >= 11 is 0. The fraction of sp³-hybridized carbons (Fsp3) is 0.667. The Hall–Kier alpha value is -2.07. The van der Waals surface area contributed by atoms with E-state index in [4.69, 9.17) is 9.15 Å². The lowest BCUT2D eigenvalue weighted by Gasteiger charge is -2.14. The number of imide groups is 1. The number of carbonyl (C=O) groups is 2. The quantitative estimate of drug-likeness (QED) is 0.398. The van der Waals surface area contributed by atoms with E-state index in [1.165, 1.54) is 24.0 Å². The summed E-state index contributed by atoms with van der Waals surface area (Å²) in [6.07, 6.45) is 5.66. The van der Waals surface area contributed by atoms with Crippen LogP contribution >= 0.6 is 0 Å². The van der Waals surface area contributed by atoms with Crippen molar-refractivity contribution in [1.29, 1.82) is 0 Å². The Balaban J connectivity index is 1.34. The average molecular weight is 413 g/mol. The van der Waals surface area contributed by atoms with Crippen LogP contribution in [0.2, 0.25) is 0 Å². The van der Waals surface area contributed by atoms with Crippen molar-refractivity contribution in [3.63, 3.8) is 0 Å². The van der Waals surface area contributed by atoms with E-state index >= 15 is 0 Å². The molecule has 2 N–H and O–H groups in total. The molecule has 0 aromatic carbocycles. The second-order valence-corrected chi connectivity index (χ2v) is 9.32. The standard InChI is InChI=1S/C18H27N3O6S/c1-13(15-9-17(27-12-15)26-11-14-5-6-14)20-28(24,25)8-4-2-3-7-21-10-16(22)19-18(21)23/h9,12-14,20H,2-8,10-11H2,1H3,(H,19,22,23). The van der Waals surface area contributed by atoms with Crippen LogP contribution < -0.4 is 14.8 Å². The molecule has 1 atom stereocenters. The highest BCUT2D eigenvalue weighted by atomic mass is 32.2. The minimum atomic E-state index is -3.43. The van der Waals surface area contributed by atoms with Gasteiger partial charge in [-0.05, 0) is 38.5 Å². The third kappa shape index (κ3) is 6.23. The lowest BCUT2D eigenvalue weighted by molar-refractivity contribution is -0.118. The molecule has 1 aromatic rings. The molecule has 1 aromatic heterocycles. The maximum atomic E-state index is 12.3. The van der Waals surface area contributed by atoms with Crippen LogP contribution in [-0.4, -0.2) is 50.7 Å². The minimum absolute atomic E-state index is 0.00531. The highest BCUT2D eigenvalue weighted by molar-refractivity contribution is 7.89. The van der Waals surface area contributed by atoms with Gasteiger partial charge in [-0.15, -0.1) is 0 Å². The highest BCUT2D eigenvalue weighted by Gasteiger charge is 2.26. The van der Waals surface area contributed by atoms with Crippen molar-refractivity contribution < 1.29 is 27.2 Å². The number of hydrogen-bond acceptors (Lipinski definition) is 6. The van der Waals surface area contributed by atoms with E-state index < -0.39 is 16.1 Å². The zero-order valence-electron chi connectivity index (χ0n) is 16.0. The first-order chi connectivity index (χ1) is 13.3. The zero-order chi connectivity index (χ0) is 20.1. The van der Waals surface area contributed by atoms with Gasteiger partial charge in [0.25, 0.3) is 5.95 Å². The molecular weight excluding hydrogens is 386 g/mol. The number of amides is 3. The maximum absolute atomic E-state index is 12.3. The van der Waals surface area contributed by atoms with Crippen LogP contribution in [-0.2, 0) is 14.8 Å². The number of ether oxygens (including phenoxy) is 1. The van der Waals surface area contributed by atoms with Crippen LogP contribution in [0.15, 0.2) is 16.7 Å². The van der Waals surface area contributed by atoms with Crippen LogP contribution in [0, 0.1) is 5.92 Å². The van der Waals surface area contributed by atoms with Crippen molar-refractivity contribution in [1.82, 2.24) is 14.9 Å². The van der Waals surface area contributed by atoms with Crippen LogP contribution in [0.4, 0.5) is 4.79 Å². The minimum Gasteiger partial charge on any atom is -0.465 e. The normalized spacial score (nSPS) is 18.4. The van der Waals surface area contributed by atoms with Crippen molar-refractivity contribution in [3.05, 3.63) is 17.9 Å². The van der Waals surface area contributed by atoms with Gasteiger partial charge in [-0.1, -0.05) is 6.42 Å². The Morgan fingerprint density at radius 1 is 1.32 bits per heavy atom. The van der Waals surface area contributed by atoms with E-state index in [1.807, 2.05) is 0 Å². The summed E-state index contributed by atoms with van der Waals surface area (Å²) < 4.78 is 38.1. The Bertz CT molecular complexity index is 802. The third-order valence-corrected chi connectivity index (χ3v) is 6.36. The Morgan fingerprint density at radius 2 is 2.11 bits per heavy atom. The number of furan rings is 1. The van der Waals surface area contributed by atoms with Gasteiger partial charge >= 0.3 is 6.03 Å². The maximum Gasteiger partial charge on any atom is 0.324 e. The summed E-state index contributed by atoms with van der Waals surface area (Å²) in [5.41, 5.74) is 0.721. The molecule has 2 aliphatic rings. The molecule has 1 aliphatic carbocycles. The van der Waals surface area contributed by atoms with Crippen molar-refractivity contribution in [2.75, 3.05) is 25.4 Å². The number of unbranched alkanes of at least 4 members (excludes halogenated alkanes) is 2. The third-order valence-electron chi connectivity index (χ3n) is 4.82. The number of rotatable bonds is 12. The second kappa shape index (κ2) is 8.95. The van der Waals surface area contributed by atoms with E-state index in [2.05, 4.69) is 10.0 Å². The molecule has 10 heteroatoms. The van der Waals surface area contributed by atoms with Gasteiger partial charge in [0, 0.05) is 24.2 Å². The molecule has 2 heterocycles. The Kier molecular flexibility index (Phi) is 6.61. The number of carbonyl (C=O) groups excluding carboxylic acids is 2. The summed E-state index contributed by atoms with van der Waals surface area (Å²) in [5, 5.41) is 2.21. The summed E-state index contributed by atoms with van der Waals surface area (Å²) in [7, 11) is -3.43. The predicted molar refractivity (Wildman–Crippen MR) is 101 cm³/mol. The van der Waals surface area contributed by atoms with E-state index in [0.29, 0.717) is 44.3 Å². The smallest absolute Gasteiger partial charge is 0.324 e. The van der Waals surface area contributed by atoms with E-state index in [9.17, 15) is 18.0 Å². The number of sulfonamides is 1. The molecule has 0 bridgehead atoms. The van der Waals surface area contributed by atoms with Gasteiger partial charge in [0.1, 0.15) is 6.54 Å². The molecule has 3 rings (SSSR count). The SMILES string of the molecule is CC(NS(=O)(=O)CCCCCN1CC(=O)NC1=O)c1coc(OCC2CC2)c1. The van der Waals surface area contributed by atoms with E-state index in [0.717, 1.165) is 5.56 Å². The summed E-state index contributed by atoms with van der Waals surface area (Å²) in [6, 6.07) is 0.929. The average Bonchev–Trinajstić information content (AvgIpc) is 3.23. The highest BCUT2D eigenvalue weighted by Crippen LogP contribution is 2.30. The largest absolute Gasteiger partial charge is 0.465 e. The molecule has 28 heavy (non-hydrogen) atoms. The Morgan fingerprint density at radius 3 is 2.79 bits per heavy atom. The molecule has 9 nitrogen and oxygen atoms in total. The second-order valence-electron chi connectivity index (χ2n) is 7.45. The van der Waals surface area contributed by atoms with Crippen molar-refractivity contribution in [3.8, 4) is 5.95 Å². The monoisotopic (exact) mass is 413 g/mol. The predicted octanol–water partition coefficient (Wildman–Crippen LogP) is 1.77. The molecule has 0 radical (unpaired) electrons. The van der Waals surface area contributed by atoms with E-state index in [-0.39, 0.29) is 24.2 Å². The summed E-state index contributed by atoms with van der Waals surface area (Å²) in [4.78, 5) is 23.9. The van der Waals surface area contributed by atoms with Gasteiger partial charge < -0.3 is 14.1 Å². The van der Waals surface area contributed by atoms with Crippen molar-refractivity contribution >= 4 is 22.0 Å². The summed E-state index contributed by atoms with van der Waals surface area (Å²) in [5.74, 6) is 0.735. The van der Waals surface area contributed by atoms with Gasteiger partial charge in [0.2, 0.25) is 15.9 Å². The fourth-order valence-electron chi connectivity index (χ4n) is 2.95. The molecular formula is C18H27N3O6S. The molecule has 156 valence electrons. The number of nitrogens with one attached hydrogen (secondary N) is 2. The van der Waals surface area contributed by atoms with Crippen LogP contribution in [0.5, 0.6) is 5.95 Å². The van der Waals surface area contributed by atoms with Gasteiger partial charge in [0.15, 0.2) is 0 Å². The fourth-order valence-corrected chi connectivity index (χ4v) is 4.33. The summed E-state index contributed by atoms with van der Waals surface area (Å²) in [6.45, 7) is 2.92. The number of nitrogens with zero attached hydrogens (tertiary/aromatic N) is 1.